The standard InChI is InChI=1S/C24H21N5O2/c1-16-12-22-26-14-17(15-29(22)27-16)6-5-11-25-24(30)19-9-10-21-20(13-19)23(31-28-21)18-7-3-2-4-8-18/h2-4,7-10,12-15H,5-6,11H2,1H3,(H,25,30). The molecule has 2 aromatic carbocycles. The van der Waals surface area contributed by atoms with Crippen LogP contribution >= 0.6 is 0 Å². The molecule has 154 valence electrons. The topological polar surface area (TPSA) is 85.3 Å². The van der Waals surface area contributed by atoms with Gasteiger partial charge in [-0.2, -0.15) is 5.10 Å². The molecule has 0 saturated carbocycles. The fraction of sp³-hybridized carbons (Fsp3) is 0.167. The number of aromatic nitrogens is 4. The highest BCUT2D eigenvalue weighted by atomic mass is 16.5. The summed E-state index contributed by atoms with van der Waals surface area (Å²) in [5, 5.41) is 12.3. The van der Waals surface area contributed by atoms with Crippen LogP contribution in [0.5, 0.6) is 0 Å². The number of rotatable bonds is 6. The molecule has 5 aromatic rings. The Hall–Kier alpha value is -4.00. The van der Waals surface area contributed by atoms with Crippen LogP contribution < -0.4 is 5.32 Å². The molecule has 5 rings (SSSR count). The van der Waals surface area contributed by atoms with Gasteiger partial charge in [-0.15, -0.1) is 0 Å². The molecular formula is C24H21N5O2. The molecule has 1 amide bonds. The lowest BCUT2D eigenvalue weighted by Crippen LogP contribution is -2.24. The lowest BCUT2D eigenvalue weighted by atomic mass is 10.1. The van der Waals surface area contributed by atoms with Crippen LogP contribution in [0.15, 0.2) is 71.5 Å². The smallest absolute Gasteiger partial charge is 0.251 e. The molecule has 0 radical (unpaired) electrons. The van der Waals surface area contributed by atoms with Gasteiger partial charge in [-0.05, 0) is 43.5 Å². The lowest BCUT2D eigenvalue weighted by Gasteiger charge is -2.06. The van der Waals surface area contributed by atoms with Crippen molar-refractivity contribution in [3.8, 4) is 11.3 Å². The van der Waals surface area contributed by atoms with E-state index < -0.39 is 0 Å². The van der Waals surface area contributed by atoms with E-state index in [4.69, 9.17) is 4.52 Å². The van der Waals surface area contributed by atoms with E-state index in [1.807, 2.05) is 67.8 Å². The van der Waals surface area contributed by atoms with Crippen LogP contribution in [0.4, 0.5) is 0 Å². The van der Waals surface area contributed by atoms with Crippen LogP contribution in [-0.4, -0.2) is 32.2 Å². The zero-order chi connectivity index (χ0) is 21.2. The van der Waals surface area contributed by atoms with Gasteiger partial charge in [0.15, 0.2) is 11.4 Å². The molecule has 0 aliphatic carbocycles. The number of benzene rings is 2. The van der Waals surface area contributed by atoms with Crippen molar-refractivity contribution in [3.63, 3.8) is 0 Å². The molecule has 7 heteroatoms. The zero-order valence-corrected chi connectivity index (χ0v) is 17.1. The second-order valence-corrected chi connectivity index (χ2v) is 7.52. The first-order valence-corrected chi connectivity index (χ1v) is 10.2. The minimum absolute atomic E-state index is 0.113. The van der Waals surface area contributed by atoms with Crippen molar-refractivity contribution in [2.75, 3.05) is 6.54 Å². The SMILES string of the molecule is Cc1cc2ncc(CCCNC(=O)c3ccc4noc(-c5ccccc5)c4c3)cn2n1. The van der Waals surface area contributed by atoms with Gasteiger partial charge in [-0.1, -0.05) is 35.5 Å². The molecule has 3 aromatic heterocycles. The molecule has 7 nitrogen and oxygen atoms in total. The molecule has 0 bridgehead atoms. The fourth-order valence-corrected chi connectivity index (χ4v) is 3.64. The second kappa shape index (κ2) is 8.02. The van der Waals surface area contributed by atoms with Gasteiger partial charge in [0.2, 0.25) is 0 Å². The summed E-state index contributed by atoms with van der Waals surface area (Å²) >= 11 is 0. The number of amides is 1. The van der Waals surface area contributed by atoms with E-state index in [0.29, 0.717) is 17.9 Å². The van der Waals surface area contributed by atoms with Crippen molar-refractivity contribution < 1.29 is 9.32 Å². The van der Waals surface area contributed by atoms with E-state index in [1.54, 1.807) is 10.6 Å². The van der Waals surface area contributed by atoms with E-state index in [-0.39, 0.29) is 5.91 Å². The van der Waals surface area contributed by atoms with Crippen molar-refractivity contribution >= 4 is 22.5 Å². The quantitative estimate of drug-likeness (QED) is 0.423. The Balaban J connectivity index is 1.23. The summed E-state index contributed by atoms with van der Waals surface area (Å²) in [7, 11) is 0. The highest BCUT2D eigenvalue weighted by Crippen LogP contribution is 2.29. The summed E-state index contributed by atoms with van der Waals surface area (Å²) in [6.45, 7) is 2.52. The molecule has 0 saturated heterocycles. The van der Waals surface area contributed by atoms with Crippen LogP contribution in [0.3, 0.4) is 0 Å². The second-order valence-electron chi connectivity index (χ2n) is 7.52. The maximum atomic E-state index is 12.7. The van der Waals surface area contributed by atoms with E-state index in [1.165, 1.54) is 0 Å². The van der Waals surface area contributed by atoms with E-state index in [0.717, 1.165) is 46.2 Å². The lowest BCUT2D eigenvalue weighted by molar-refractivity contribution is 0.0953. The fourth-order valence-electron chi connectivity index (χ4n) is 3.64. The van der Waals surface area contributed by atoms with Gasteiger partial charge in [0, 0.05) is 36.1 Å². The number of nitrogens with one attached hydrogen (secondary N) is 1. The summed E-state index contributed by atoms with van der Waals surface area (Å²) in [6.07, 6.45) is 5.47. The zero-order valence-electron chi connectivity index (χ0n) is 17.1. The average Bonchev–Trinajstić information content (AvgIpc) is 3.38. The maximum Gasteiger partial charge on any atom is 0.251 e. The Kier molecular flexibility index (Phi) is 4.92. The number of aryl methyl sites for hydroxylation is 2. The molecule has 31 heavy (non-hydrogen) atoms. The van der Waals surface area contributed by atoms with Crippen molar-refractivity contribution in [2.24, 2.45) is 0 Å². The Morgan fingerprint density at radius 2 is 2.00 bits per heavy atom. The average molecular weight is 411 g/mol. The first-order chi connectivity index (χ1) is 15.2. The Labute approximate surface area is 178 Å². The van der Waals surface area contributed by atoms with Gasteiger partial charge >= 0.3 is 0 Å². The predicted octanol–water partition coefficient (Wildman–Crippen LogP) is 4.21. The summed E-state index contributed by atoms with van der Waals surface area (Å²) in [4.78, 5) is 17.1. The van der Waals surface area contributed by atoms with E-state index >= 15 is 0 Å². The minimum Gasteiger partial charge on any atom is -0.355 e. The third-order valence-corrected chi connectivity index (χ3v) is 5.19. The number of nitrogens with zero attached hydrogens (tertiary/aromatic N) is 4. The third kappa shape index (κ3) is 3.90. The van der Waals surface area contributed by atoms with Gasteiger partial charge in [-0.3, -0.25) is 4.79 Å². The van der Waals surface area contributed by atoms with Crippen molar-refractivity contribution in [3.05, 3.63) is 83.8 Å². The predicted molar refractivity (Wildman–Crippen MR) is 118 cm³/mol. The number of hydrogen-bond acceptors (Lipinski definition) is 5. The van der Waals surface area contributed by atoms with E-state index in [9.17, 15) is 4.79 Å². The Morgan fingerprint density at radius 1 is 1.13 bits per heavy atom. The first kappa shape index (κ1) is 19.0. The number of fused-ring (bicyclic) bond motifs is 2. The van der Waals surface area contributed by atoms with E-state index in [2.05, 4.69) is 20.6 Å². The molecule has 1 N–H and O–H groups in total. The minimum atomic E-state index is -0.113. The molecule has 0 fully saturated rings. The van der Waals surface area contributed by atoms with Gasteiger partial charge in [-0.25, -0.2) is 9.50 Å². The summed E-state index contributed by atoms with van der Waals surface area (Å²) < 4.78 is 7.31. The highest BCUT2D eigenvalue weighted by molar-refractivity contribution is 6.00. The molecule has 0 spiro atoms. The molecule has 3 heterocycles. The Bertz CT molecular complexity index is 1370. The van der Waals surface area contributed by atoms with Crippen molar-refractivity contribution in [1.82, 2.24) is 25.1 Å². The maximum absolute atomic E-state index is 12.7. The Morgan fingerprint density at radius 3 is 2.87 bits per heavy atom. The first-order valence-electron chi connectivity index (χ1n) is 10.2. The molecular weight excluding hydrogens is 390 g/mol. The monoisotopic (exact) mass is 411 g/mol. The van der Waals surface area contributed by atoms with Gasteiger partial charge in [0.05, 0.1) is 11.1 Å². The van der Waals surface area contributed by atoms with Crippen LogP contribution in [0, 0.1) is 6.92 Å². The van der Waals surface area contributed by atoms with Gasteiger partial charge < -0.3 is 9.84 Å². The number of carbonyl (C=O) groups excluding carboxylic acids is 1. The summed E-state index contributed by atoms with van der Waals surface area (Å²) in [5.41, 5.74) is 5.12. The molecule has 0 unspecified atom stereocenters. The summed E-state index contributed by atoms with van der Waals surface area (Å²) in [5.74, 6) is 0.556. The molecule has 0 aliphatic heterocycles. The molecule has 0 aliphatic rings. The highest BCUT2D eigenvalue weighted by Gasteiger charge is 2.13. The largest absolute Gasteiger partial charge is 0.355 e. The number of hydrogen-bond donors (Lipinski definition) is 1. The van der Waals surface area contributed by atoms with Gasteiger partial charge in [0.25, 0.3) is 5.91 Å². The third-order valence-electron chi connectivity index (χ3n) is 5.19. The van der Waals surface area contributed by atoms with Crippen LogP contribution in [0.25, 0.3) is 27.9 Å². The van der Waals surface area contributed by atoms with Crippen LogP contribution in [0.2, 0.25) is 0 Å². The molecule has 0 atom stereocenters. The van der Waals surface area contributed by atoms with Gasteiger partial charge in [0.1, 0.15) is 5.52 Å². The van der Waals surface area contributed by atoms with Crippen LogP contribution in [0.1, 0.15) is 28.0 Å². The normalized spacial score (nSPS) is 11.3. The number of carbonyl (C=O) groups is 1. The van der Waals surface area contributed by atoms with Crippen LogP contribution in [-0.2, 0) is 6.42 Å². The summed E-state index contributed by atoms with van der Waals surface area (Å²) in [6, 6.07) is 17.1. The van der Waals surface area contributed by atoms with Crippen molar-refractivity contribution in [2.45, 2.75) is 19.8 Å². The van der Waals surface area contributed by atoms with Crippen molar-refractivity contribution in [1.29, 1.82) is 0 Å².